The first-order chi connectivity index (χ1) is 8.15. The van der Waals surface area contributed by atoms with Crippen LogP contribution in [0.5, 0.6) is 0 Å². The van der Waals surface area contributed by atoms with Crippen LogP contribution >= 0.6 is 0 Å². The summed E-state index contributed by atoms with van der Waals surface area (Å²) in [5.41, 5.74) is 1.33. The number of carbonyl (C=O) groups is 1. The number of hydrogen-bond donors (Lipinski definition) is 1. The Morgan fingerprint density at radius 3 is 3.00 bits per heavy atom. The number of aromatic nitrogens is 1. The number of amides is 1. The van der Waals surface area contributed by atoms with Crippen molar-refractivity contribution in [2.24, 2.45) is 0 Å². The van der Waals surface area contributed by atoms with Crippen LogP contribution in [-0.2, 0) is 6.42 Å². The first kappa shape index (κ1) is 12.1. The number of carbonyl (C=O) groups excluding carboxylic acids is 1. The van der Waals surface area contributed by atoms with E-state index in [2.05, 4.69) is 10.5 Å². The number of likely N-dealkylation sites (N-methyl/N-ethyl adjacent to an activating group) is 1. The molecule has 0 aromatic carbocycles. The molecule has 5 nitrogen and oxygen atoms in total. The van der Waals surface area contributed by atoms with E-state index in [1.807, 2.05) is 20.9 Å². The second-order valence-electron chi connectivity index (χ2n) is 4.48. The topological polar surface area (TPSA) is 58.4 Å². The third kappa shape index (κ3) is 2.20. The molecule has 0 bridgehead atoms. The lowest BCUT2D eigenvalue weighted by atomic mass is 10.1. The Morgan fingerprint density at radius 1 is 1.65 bits per heavy atom. The quantitative estimate of drug-likeness (QED) is 0.851. The van der Waals surface area contributed by atoms with Gasteiger partial charge in [0.1, 0.15) is 11.3 Å². The number of nitrogens with zero attached hydrogens (tertiary/aromatic N) is 2. The number of nitrogens with one attached hydrogen (secondary N) is 1. The Balaban J connectivity index is 2.20. The normalized spacial score (nSPS) is 19.6. The van der Waals surface area contributed by atoms with Crippen LogP contribution in [0.4, 0.5) is 0 Å². The first-order valence-corrected chi connectivity index (χ1v) is 6.08. The third-order valence-corrected chi connectivity index (χ3v) is 3.37. The summed E-state index contributed by atoms with van der Waals surface area (Å²) in [4.78, 5) is 14.2. The molecule has 1 unspecified atom stereocenters. The minimum absolute atomic E-state index is 0.0225. The second-order valence-corrected chi connectivity index (χ2v) is 4.48. The fraction of sp³-hybridized carbons (Fsp3) is 0.667. The Bertz CT molecular complexity index is 408. The molecule has 1 saturated heterocycles. The lowest BCUT2D eigenvalue weighted by molar-refractivity contribution is 0.0741. The Labute approximate surface area is 101 Å². The molecule has 2 rings (SSSR count). The fourth-order valence-electron chi connectivity index (χ4n) is 2.24. The molecule has 1 atom stereocenters. The zero-order valence-electron chi connectivity index (χ0n) is 10.6. The molecule has 0 aliphatic carbocycles. The molecule has 1 aliphatic heterocycles. The summed E-state index contributed by atoms with van der Waals surface area (Å²) in [7, 11) is 1.85. The van der Waals surface area contributed by atoms with Gasteiger partial charge in [-0.3, -0.25) is 4.79 Å². The highest BCUT2D eigenvalue weighted by molar-refractivity contribution is 5.96. The van der Waals surface area contributed by atoms with Gasteiger partial charge in [-0.15, -0.1) is 0 Å². The molecular formula is C12H19N3O2. The van der Waals surface area contributed by atoms with Gasteiger partial charge in [0, 0.05) is 26.1 Å². The van der Waals surface area contributed by atoms with Crippen LogP contribution in [-0.4, -0.2) is 42.1 Å². The highest BCUT2D eigenvalue weighted by atomic mass is 16.5. The standard InChI is InChI=1S/C12H19N3O2/c1-4-10-11(8(2)14-17-10)12(16)15(3)9-5-6-13-7-9/h9,13H,4-7H2,1-3H3. The van der Waals surface area contributed by atoms with E-state index >= 15 is 0 Å². The molecule has 0 saturated carbocycles. The molecule has 1 N–H and O–H groups in total. The zero-order chi connectivity index (χ0) is 12.4. The summed E-state index contributed by atoms with van der Waals surface area (Å²) in [5, 5.41) is 7.14. The van der Waals surface area contributed by atoms with Gasteiger partial charge in [0.2, 0.25) is 0 Å². The van der Waals surface area contributed by atoms with E-state index in [-0.39, 0.29) is 11.9 Å². The average molecular weight is 237 g/mol. The Hall–Kier alpha value is -1.36. The molecule has 2 heterocycles. The summed E-state index contributed by atoms with van der Waals surface area (Å²) in [5.74, 6) is 0.708. The van der Waals surface area contributed by atoms with Crippen LogP contribution in [0, 0.1) is 6.92 Å². The first-order valence-electron chi connectivity index (χ1n) is 6.08. The van der Waals surface area contributed by atoms with Crippen LogP contribution in [0.2, 0.25) is 0 Å². The van der Waals surface area contributed by atoms with Crippen molar-refractivity contribution in [1.82, 2.24) is 15.4 Å². The van der Waals surface area contributed by atoms with E-state index in [4.69, 9.17) is 4.52 Å². The molecule has 1 aromatic rings. The van der Waals surface area contributed by atoms with Crippen molar-refractivity contribution in [2.75, 3.05) is 20.1 Å². The van der Waals surface area contributed by atoms with Crippen LogP contribution in [0.1, 0.15) is 35.2 Å². The summed E-state index contributed by atoms with van der Waals surface area (Å²) >= 11 is 0. The molecule has 94 valence electrons. The second kappa shape index (κ2) is 4.87. The molecule has 17 heavy (non-hydrogen) atoms. The summed E-state index contributed by atoms with van der Waals surface area (Å²) < 4.78 is 5.17. The lowest BCUT2D eigenvalue weighted by Crippen LogP contribution is -2.38. The van der Waals surface area contributed by atoms with Crippen LogP contribution < -0.4 is 5.32 Å². The average Bonchev–Trinajstić information content (AvgIpc) is 2.96. The Kier molecular flexibility index (Phi) is 3.47. The SMILES string of the molecule is CCc1onc(C)c1C(=O)N(C)C1CCNC1. The summed E-state index contributed by atoms with van der Waals surface area (Å²) in [6, 6.07) is 0.279. The molecule has 5 heteroatoms. The summed E-state index contributed by atoms with van der Waals surface area (Å²) in [6.45, 7) is 5.63. The minimum Gasteiger partial charge on any atom is -0.360 e. The third-order valence-electron chi connectivity index (χ3n) is 3.37. The van der Waals surface area contributed by atoms with Gasteiger partial charge in [0.05, 0.1) is 5.69 Å². The van der Waals surface area contributed by atoms with Gasteiger partial charge in [0.25, 0.3) is 5.91 Å². The predicted molar refractivity (Wildman–Crippen MR) is 64.0 cm³/mol. The maximum absolute atomic E-state index is 12.4. The van der Waals surface area contributed by atoms with Gasteiger partial charge in [0.15, 0.2) is 0 Å². The Morgan fingerprint density at radius 2 is 2.41 bits per heavy atom. The van der Waals surface area contributed by atoms with Crippen molar-refractivity contribution in [2.45, 2.75) is 32.7 Å². The van der Waals surface area contributed by atoms with Crippen LogP contribution in [0.3, 0.4) is 0 Å². The number of aryl methyl sites for hydroxylation is 2. The molecule has 1 aliphatic rings. The van der Waals surface area contributed by atoms with Gasteiger partial charge in [-0.25, -0.2) is 0 Å². The fourth-order valence-corrected chi connectivity index (χ4v) is 2.24. The molecule has 1 fully saturated rings. The maximum Gasteiger partial charge on any atom is 0.259 e. The van der Waals surface area contributed by atoms with Crippen molar-refractivity contribution in [3.63, 3.8) is 0 Å². The predicted octanol–water partition coefficient (Wildman–Crippen LogP) is 0.979. The number of rotatable bonds is 3. The van der Waals surface area contributed by atoms with Gasteiger partial charge < -0.3 is 14.7 Å². The molecule has 1 aromatic heterocycles. The highest BCUT2D eigenvalue weighted by Gasteiger charge is 2.28. The molecule has 1 amide bonds. The van der Waals surface area contributed by atoms with Gasteiger partial charge >= 0.3 is 0 Å². The van der Waals surface area contributed by atoms with E-state index < -0.39 is 0 Å². The molecule has 0 spiro atoms. The van der Waals surface area contributed by atoms with Crippen molar-refractivity contribution < 1.29 is 9.32 Å². The van der Waals surface area contributed by atoms with E-state index in [0.29, 0.717) is 23.4 Å². The van der Waals surface area contributed by atoms with Crippen LogP contribution in [0.25, 0.3) is 0 Å². The van der Waals surface area contributed by atoms with Gasteiger partial charge in [-0.2, -0.15) is 0 Å². The van der Waals surface area contributed by atoms with Crippen LogP contribution in [0.15, 0.2) is 4.52 Å². The van der Waals surface area contributed by atoms with E-state index in [9.17, 15) is 4.79 Å². The summed E-state index contributed by atoms with van der Waals surface area (Å²) in [6.07, 6.45) is 1.70. The van der Waals surface area contributed by atoms with Crippen molar-refractivity contribution >= 4 is 5.91 Å². The van der Waals surface area contributed by atoms with E-state index in [0.717, 1.165) is 19.5 Å². The zero-order valence-corrected chi connectivity index (χ0v) is 10.6. The number of hydrogen-bond acceptors (Lipinski definition) is 4. The minimum atomic E-state index is 0.0225. The molecular weight excluding hydrogens is 218 g/mol. The maximum atomic E-state index is 12.4. The smallest absolute Gasteiger partial charge is 0.259 e. The van der Waals surface area contributed by atoms with Crippen molar-refractivity contribution in [3.8, 4) is 0 Å². The van der Waals surface area contributed by atoms with Gasteiger partial charge in [-0.05, 0) is 19.9 Å². The van der Waals surface area contributed by atoms with Crippen molar-refractivity contribution in [1.29, 1.82) is 0 Å². The largest absolute Gasteiger partial charge is 0.360 e. The monoisotopic (exact) mass is 237 g/mol. The van der Waals surface area contributed by atoms with E-state index in [1.165, 1.54) is 0 Å². The molecule has 0 radical (unpaired) electrons. The van der Waals surface area contributed by atoms with Gasteiger partial charge in [-0.1, -0.05) is 12.1 Å². The highest BCUT2D eigenvalue weighted by Crippen LogP contribution is 2.18. The van der Waals surface area contributed by atoms with E-state index in [1.54, 1.807) is 4.90 Å². The lowest BCUT2D eigenvalue weighted by Gasteiger charge is -2.23. The van der Waals surface area contributed by atoms with Crippen molar-refractivity contribution in [3.05, 3.63) is 17.0 Å².